The van der Waals surface area contributed by atoms with Gasteiger partial charge in [-0.3, -0.25) is 4.79 Å². The summed E-state index contributed by atoms with van der Waals surface area (Å²) < 4.78 is 4.88. The summed E-state index contributed by atoms with van der Waals surface area (Å²) in [6, 6.07) is 9.78. The number of benzene rings is 1. The molecule has 2 aromatic rings. The van der Waals surface area contributed by atoms with E-state index in [4.69, 9.17) is 4.74 Å². The van der Waals surface area contributed by atoms with Crippen LogP contribution in [0.5, 0.6) is 0 Å². The SMILES string of the molecule is COCCNC(=O)c1cnc(N(C)c2ccccc2)nc1. The van der Waals surface area contributed by atoms with Gasteiger partial charge in [-0.15, -0.1) is 0 Å². The van der Waals surface area contributed by atoms with Gasteiger partial charge in [0.05, 0.1) is 12.2 Å². The summed E-state index contributed by atoms with van der Waals surface area (Å²) in [4.78, 5) is 22.1. The van der Waals surface area contributed by atoms with E-state index in [0.29, 0.717) is 24.7 Å². The first-order valence-corrected chi connectivity index (χ1v) is 6.60. The van der Waals surface area contributed by atoms with E-state index in [1.165, 1.54) is 12.4 Å². The lowest BCUT2D eigenvalue weighted by Gasteiger charge is -2.16. The second-order valence-electron chi connectivity index (χ2n) is 4.42. The third-order valence-corrected chi connectivity index (χ3v) is 2.94. The molecule has 6 nitrogen and oxygen atoms in total. The molecule has 0 spiro atoms. The van der Waals surface area contributed by atoms with Crippen LogP contribution in [0.25, 0.3) is 0 Å². The molecule has 1 N–H and O–H groups in total. The smallest absolute Gasteiger partial charge is 0.254 e. The first-order chi connectivity index (χ1) is 10.2. The van der Waals surface area contributed by atoms with Crippen LogP contribution in [0, 0.1) is 0 Å². The van der Waals surface area contributed by atoms with Crippen LogP contribution < -0.4 is 10.2 Å². The number of amides is 1. The van der Waals surface area contributed by atoms with Gasteiger partial charge in [0.2, 0.25) is 5.95 Å². The molecule has 0 saturated heterocycles. The molecule has 1 aromatic carbocycles. The minimum Gasteiger partial charge on any atom is -0.383 e. The fourth-order valence-corrected chi connectivity index (χ4v) is 1.75. The second-order valence-corrected chi connectivity index (χ2v) is 4.42. The van der Waals surface area contributed by atoms with Gasteiger partial charge in [0.15, 0.2) is 0 Å². The van der Waals surface area contributed by atoms with Crippen molar-refractivity contribution < 1.29 is 9.53 Å². The van der Waals surface area contributed by atoms with Crippen LogP contribution in [0.4, 0.5) is 11.6 Å². The van der Waals surface area contributed by atoms with Gasteiger partial charge in [-0.2, -0.15) is 0 Å². The summed E-state index contributed by atoms with van der Waals surface area (Å²) in [6.45, 7) is 0.933. The summed E-state index contributed by atoms with van der Waals surface area (Å²) in [5.74, 6) is 0.329. The molecule has 110 valence electrons. The highest BCUT2D eigenvalue weighted by atomic mass is 16.5. The van der Waals surface area contributed by atoms with Crippen molar-refractivity contribution in [1.29, 1.82) is 0 Å². The summed E-state index contributed by atoms with van der Waals surface area (Å²) in [5, 5.41) is 2.72. The molecule has 0 aliphatic heterocycles. The number of hydrogen-bond donors (Lipinski definition) is 1. The number of rotatable bonds is 6. The van der Waals surface area contributed by atoms with Gasteiger partial charge >= 0.3 is 0 Å². The number of nitrogens with one attached hydrogen (secondary N) is 1. The van der Waals surface area contributed by atoms with E-state index in [9.17, 15) is 4.79 Å². The topological polar surface area (TPSA) is 67.3 Å². The third kappa shape index (κ3) is 4.00. The zero-order valence-corrected chi connectivity index (χ0v) is 12.1. The summed E-state index contributed by atoms with van der Waals surface area (Å²) >= 11 is 0. The lowest BCUT2D eigenvalue weighted by atomic mass is 10.3. The van der Waals surface area contributed by atoms with E-state index in [1.807, 2.05) is 42.3 Å². The highest BCUT2D eigenvalue weighted by Gasteiger charge is 2.09. The largest absolute Gasteiger partial charge is 0.383 e. The van der Waals surface area contributed by atoms with E-state index in [-0.39, 0.29) is 5.91 Å². The maximum atomic E-state index is 11.8. The van der Waals surface area contributed by atoms with E-state index in [1.54, 1.807) is 7.11 Å². The Bertz CT molecular complexity index is 572. The van der Waals surface area contributed by atoms with Crippen molar-refractivity contribution in [2.24, 2.45) is 0 Å². The van der Waals surface area contributed by atoms with Gasteiger partial charge in [0, 0.05) is 38.8 Å². The molecule has 1 aromatic heterocycles. The Balaban J connectivity index is 2.03. The Hall–Kier alpha value is -2.47. The molecule has 6 heteroatoms. The quantitative estimate of drug-likeness (QED) is 0.817. The van der Waals surface area contributed by atoms with Crippen LogP contribution in [0.2, 0.25) is 0 Å². The van der Waals surface area contributed by atoms with E-state index >= 15 is 0 Å². The van der Waals surface area contributed by atoms with Gasteiger partial charge in [-0.05, 0) is 12.1 Å². The van der Waals surface area contributed by atoms with Crippen molar-refractivity contribution in [1.82, 2.24) is 15.3 Å². The number of carbonyl (C=O) groups excluding carboxylic acids is 1. The maximum absolute atomic E-state index is 11.8. The van der Waals surface area contributed by atoms with Crippen LogP contribution in [0.3, 0.4) is 0 Å². The Morgan fingerprint density at radius 3 is 2.52 bits per heavy atom. The van der Waals surface area contributed by atoms with E-state index in [0.717, 1.165) is 5.69 Å². The molecule has 0 aliphatic carbocycles. The summed E-state index contributed by atoms with van der Waals surface area (Å²) in [6.07, 6.45) is 3.04. The molecule has 0 bridgehead atoms. The Labute approximate surface area is 123 Å². The van der Waals surface area contributed by atoms with Crippen LogP contribution in [0.15, 0.2) is 42.7 Å². The number of aromatic nitrogens is 2. The molecule has 0 radical (unpaired) electrons. The molecule has 21 heavy (non-hydrogen) atoms. The van der Waals surface area contributed by atoms with Crippen molar-refractivity contribution in [2.45, 2.75) is 0 Å². The minimum absolute atomic E-state index is 0.207. The molecule has 0 unspecified atom stereocenters. The van der Waals surface area contributed by atoms with Crippen LogP contribution in [-0.4, -0.2) is 43.2 Å². The number of carbonyl (C=O) groups is 1. The average molecular weight is 286 g/mol. The normalized spacial score (nSPS) is 10.2. The number of nitrogens with zero attached hydrogens (tertiary/aromatic N) is 3. The fraction of sp³-hybridized carbons (Fsp3) is 0.267. The maximum Gasteiger partial charge on any atom is 0.254 e. The third-order valence-electron chi connectivity index (χ3n) is 2.94. The lowest BCUT2D eigenvalue weighted by molar-refractivity contribution is 0.0936. The fourth-order valence-electron chi connectivity index (χ4n) is 1.75. The Morgan fingerprint density at radius 2 is 1.90 bits per heavy atom. The zero-order chi connectivity index (χ0) is 15.1. The lowest BCUT2D eigenvalue weighted by Crippen LogP contribution is -2.27. The van der Waals surface area contributed by atoms with Crippen LogP contribution >= 0.6 is 0 Å². The molecular formula is C15H18N4O2. The monoisotopic (exact) mass is 286 g/mol. The number of ether oxygens (including phenoxy) is 1. The number of para-hydroxylation sites is 1. The zero-order valence-electron chi connectivity index (χ0n) is 12.1. The highest BCUT2D eigenvalue weighted by Crippen LogP contribution is 2.18. The van der Waals surface area contributed by atoms with Crippen molar-refractivity contribution >= 4 is 17.5 Å². The average Bonchev–Trinajstić information content (AvgIpc) is 2.55. The first-order valence-electron chi connectivity index (χ1n) is 6.60. The van der Waals surface area contributed by atoms with Crippen molar-refractivity contribution in [2.75, 3.05) is 32.2 Å². The van der Waals surface area contributed by atoms with Crippen LogP contribution in [0.1, 0.15) is 10.4 Å². The standard InChI is InChI=1S/C15H18N4O2/c1-19(13-6-4-3-5-7-13)15-17-10-12(11-18-15)14(20)16-8-9-21-2/h3-7,10-11H,8-9H2,1-2H3,(H,16,20). The van der Waals surface area contributed by atoms with Gasteiger partial charge in [-0.25, -0.2) is 9.97 Å². The van der Waals surface area contributed by atoms with Crippen molar-refractivity contribution in [3.05, 3.63) is 48.3 Å². The van der Waals surface area contributed by atoms with Gasteiger partial charge < -0.3 is 15.0 Å². The van der Waals surface area contributed by atoms with Crippen molar-refractivity contribution in [3.63, 3.8) is 0 Å². The number of anilines is 2. The molecule has 0 aliphatic rings. The molecule has 0 atom stereocenters. The van der Waals surface area contributed by atoms with E-state index in [2.05, 4.69) is 15.3 Å². The molecule has 1 amide bonds. The molecule has 2 rings (SSSR count). The Morgan fingerprint density at radius 1 is 1.24 bits per heavy atom. The van der Waals surface area contributed by atoms with Crippen LogP contribution in [-0.2, 0) is 4.74 Å². The minimum atomic E-state index is -0.207. The second kappa shape index (κ2) is 7.35. The first kappa shape index (κ1) is 14.9. The summed E-state index contributed by atoms with van der Waals surface area (Å²) in [7, 11) is 3.46. The van der Waals surface area contributed by atoms with E-state index < -0.39 is 0 Å². The molecule has 0 saturated carbocycles. The highest BCUT2D eigenvalue weighted by molar-refractivity contribution is 5.93. The predicted molar refractivity (Wildman–Crippen MR) is 80.7 cm³/mol. The predicted octanol–water partition coefficient (Wildman–Crippen LogP) is 1.62. The van der Waals surface area contributed by atoms with Crippen molar-refractivity contribution in [3.8, 4) is 0 Å². The number of hydrogen-bond acceptors (Lipinski definition) is 5. The Kier molecular flexibility index (Phi) is 5.22. The molecular weight excluding hydrogens is 268 g/mol. The summed E-state index contributed by atoms with van der Waals surface area (Å²) in [5.41, 5.74) is 1.41. The number of methoxy groups -OCH3 is 1. The molecule has 1 heterocycles. The van der Waals surface area contributed by atoms with Gasteiger partial charge in [-0.1, -0.05) is 18.2 Å². The van der Waals surface area contributed by atoms with Gasteiger partial charge in [0.1, 0.15) is 0 Å². The molecule has 0 fully saturated rings. The van der Waals surface area contributed by atoms with Gasteiger partial charge in [0.25, 0.3) is 5.91 Å².